The number of hydrogen-bond acceptors (Lipinski definition) is 2. The number of carbonyl (C=O) groups is 1. The highest BCUT2D eigenvalue weighted by Gasteiger charge is 2.07. The van der Waals surface area contributed by atoms with Crippen LogP contribution in [0.2, 0.25) is 0 Å². The van der Waals surface area contributed by atoms with Gasteiger partial charge in [0, 0.05) is 17.1 Å². The van der Waals surface area contributed by atoms with Gasteiger partial charge in [0.05, 0.1) is 18.6 Å². The van der Waals surface area contributed by atoms with E-state index in [4.69, 9.17) is 0 Å². The standard InChI is InChI=1S/C14H13N3O/c1-10-3-2-4-12-11(10)7-13(16-12)14-8-17(5-6-18)9-15-14/h2-4,6-9,16H,5H2,1H3. The molecule has 0 radical (unpaired) electrons. The van der Waals surface area contributed by atoms with Crippen LogP contribution in [-0.2, 0) is 11.3 Å². The third-order valence-corrected chi connectivity index (χ3v) is 3.08. The highest BCUT2D eigenvalue weighted by atomic mass is 16.1. The summed E-state index contributed by atoms with van der Waals surface area (Å²) in [5, 5.41) is 1.21. The van der Waals surface area contributed by atoms with Crippen LogP contribution < -0.4 is 0 Å². The van der Waals surface area contributed by atoms with Crippen molar-refractivity contribution >= 4 is 17.2 Å². The molecule has 3 rings (SSSR count). The minimum absolute atomic E-state index is 0.340. The van der Waals surface area contributed by atoms with Gasteiger partial charge in [-0.05, 0) is 24.6 Å². The van der Waals surface area contributed by atoms with E-state index in [9.17, 15) is 4.79 Å². The fourth-order valence-electron chi connectivity index (χ4n) is 2.13. The molecule has 0 spiro atoms. The van der Waals surface area contributed by atoms with Gasteiger partial charge in [-0.1, -0.05) is 12.1 Å². The zero-order valence-corrected chi connectivity index (χ0v) is 10.1. The Morgan fingerprint density at radius 3 is 3.11 bits per heavy atom. The van der Waals surface area contributed by atoms with E-state index in [-0.39, 0.29) is 0 Å². The van der Waals surface area contributed by atoms with Crippen molar-refractivity contribution in [2.45, 2.75) is 13.5 Å². The molecule has 0 aliphatic rings. The number of nitrogens with zero attached hydrogens (tertiary/aromatic N) is 2. The van der Waals surface area contributed by atoms with Crippen molar-refractivity contribution < 1.29 is 4.79 Å². The zero-order chi connectivity index (χ0) is 12.5. The van der Waals surface area contributed by atoms with E-state index in [1.165, 1.54) is 10.9 Å². The number of H-pyrrole nitrogens is 1. The van der Waals surface area contributed by atoms with E-state index >= 15 is 0 Å². The first-order valence-electron chi connectivity index (χ1n) is 5.82. The number of aryl methyl sites for hydroxylation is 1. The third kappa shape index (κ3) is 1.72. The molecule has 0 saturated heterocycles. The maximum atomic E-state index is 10.4. The second-order valence-corrected chi connectivity index (χ2v) is 4.34. The molecule has 2 heterocycles. The van der Waals surface area contributed by atoms with E-state index < -0.39 is 0 Å². The van der Waals surface area contributed by atoms with E-state index in [0.29, 0.717) is 6.54 Å². The molecule has 0 fully saturated rings. The molecule has 0 saturated carbocycles. The number of aromatic amines is 1. The van der Waals surface area contributed by atoms with E-state index in [1.807, 2.05) is 18.3 Å². The predicted octanol–water partition coefficient (Wildman–Crippen LogP) is 2.54. The van der Waals surface area contributed by atoms with Crippen LogP contribution in [0.1, 0.15) is 5.56 Å². The molecule has 0 aliphatic heterocycles. The number of carbonyl (C=O) groups excluding carboxylic acids is 1. The summed E-state index contributed by atoms with van der Waals surface area (Å²) in [7, 11) is 0. The van der Waals surface area contributed by atoms with E-state index in [2.05, 4.69) is 29.0 Å². The number of aldehydes is 1. The Kier molecular flexibility index (Phi) is 2.48. The fraction of sp³-hybridized carbons (Fsp3) is 0.143. The van der Waals surface area contributed by atoms with Crippen LogP contribution in [-0.4, -0.2) is 20.8 Å². The molecule has 0 unspecified atom stereocenters. The number of fused-ring (bicyclic) bond motifs is 1. The monoisotopic (exact) mass is 239 g/mol. The van der Waals surface area contributed by atoms with Crippen molar-refractivity contribution in [2.75, 3.05) is 0 Å². The lowest BCUT2D eigenvalue weighted by atomic mass is 10.1. The van der Waals surface area contributed by atoms with Gasteiger partial charge >= 0.3 is 0 Å². The molecule has 1 aromatic carbocycles. The Bertz CT molecular complexity index is 709. The lowest BCUT2D eigenvalue weighted by Gasteiger charge is -1.92. The van der Waals surface area contributed by atoms with Gasteiger partial charge in [0.2, 0.25) is 0 Å². The molecular formula is C14H13N3O. The highest BCUT2D eigenvalue weighted by Crippen LogP contribution is 2.24. The average Bonchev–Trinajstić information content (AvgIpc) is 2.96. The summed E-state index contributed by atoms with van der Waals surface area (Å²) in [6.07, 6.45) is 4.40. The van der Waals surface area contributed by atoms with Crippen molar-refractivity contribution in [3.63, 3.8) is 0 Å². The molecule has 90 valence electrons. The Morgan fingerprint density at radius 2 is 2.33 bits per heavy atom. The Morgan fingerprint density at radius 1 is 1.44 bits per heavy atom. The van der Waals surface area contributed by atoms with Crippen LogP contribution in [0.4, 0.5) is 0 Å². The largest absolute Gasteiger partial charge is 0.353 e. The first-order chi connectivity index (χ1) is 8.78. The van der Waals surface area contributed by atoms with Crippen LogP contribution in [0, 0.1) is 6.92 Å². The Balaban J connectivity index is 2.07. The van der Waals surface area contributed by atoms with Crippen LogP contribution in [0.25, 0.3) is 22.3 Å². The number of benzene rings is 1. The van der Waals surface area contributed by atoms with Gasteiger partial charge in [0.25, 0.3) is 0 Å². The van der Waals surface area contributed by atoms with Gasteiger partial charge in [-0.3, -0.25) is 0 Å². The topological polar surface area (TPSA) is 50.7 Å². The van der Waals surface area contributed by atoms with Gasteiger partial charge in [-0.2, -0.15) is 0 Å². The summed E-state index contributed by atoms with van der Waals surface area (Å²) in [6, 6.07) is 8.26. The van der Waals surface area contributed by atoms with Crippen molar-refractivity contribution in [3.8, 4) is 11.4 Å². The summed E-state index contributed by atoms with van der Waals surface area (Å²) in [5.74, 6) is 0. The molecule has 18 heavy (non-hydrogen) atoms. The summed E-state index contributed by atoms with van der Waals surface area (Å²) in [4.78, 5) is 18.1. The van der Waals surface area contributed by atoms with Crippen LogP contribution in [0.3, 0.4) is 0 Å². The summed E-state index contributed by atoms with van der Waals surface area (Å²) in [5.41, 5.74) is 4.17. The quantitative estimate of drug-likeness (QED) is 0.714. The fourth-order valence-corrected chi connectivity index (χ4v) is 2.13. The number of imidazole rings is 1. The molecule has 0 amide bonds. The number of nitrogens with one attached hydrogen (secondary N) is 1. The lowest BCUT2D eigenvalue weighted by molar-refractivity contribution is -0.108. The average molecular weight is 239 g/mol. The third-order valence-electron chi connectivity index (χ3n) is 3.08. The van der Waals surface area contributed by atoms with Crippen LogP contribution >= 0.6 is 0 Å². The van der Waals surface area contributed by atoms with Crippen molar-refractivity contribution in [1.82, 2.24) is 14.5 Å². The molecule has 0 aliphatic carbocycles. The normalized spacial score (nSPS) is 10.9. The maximum absolute atomic E-state index is 10.4. The molecular weight excluding hydrogens is 226 g/mol. The minimum atomic E-state index is 0.340. The van der Waals surface area contributed by atoms with Crippen molar-refractivity contribution in [3.05, 3.63) is 42.4 Å². The maximum Gasteiger partial charge on any atom is 0.139 e. The molecule has 4 nitrogen and oxygen atoms in total. The number of aromatic nitrogens is 3. The zero-order valence-electron chi connectivity index (χ0n) is 10.1. The predicted molar refractivity (Wildman–Crippen MR) is 70.3 cm³/mol. The lowest BCUT2D eigenvalue weighted by Crippen LogP contribution is -1.93. The SMILES string of the molecule is Cc1cccc2[nH]c(-c3cn(CC=O)cn3)cc12. The summed E-state index contributed by atoms with van der Waals surface area (Å²) in [6.45, 7) is 2.43. The van der Waals surface area contributed by atoms with Gasteiger partial charge in [-0.25, -0.2) is 4.98 Å². The van der Waals surface area contributed by atoms with Gasteiger partial charge in [0.1, 0.15) is 12.0 Å². The van der Waals surface area contributed by atoms with Gasteiger partial charge in [0.15, 0.2) is 0 Å². The van der Waals surface area contributed by atoms with E-state index in [1.54, 1.807) is 10.9 Å². The number of rotatable bonds is 3. The molecule has 0 bridgehead atoms. The minimum Gasteiger partial charge on any atom is -0.353 e. The Labute approximate surface area is 104 Å². The molecule has 1 N–H and O–H groups in total. The van der Waals surface area contributed by atoms with Gasteiger partial charge < -0.3 is 14.3 Å². The van der Waals surface area contributed by atoms with Gasteiger partial charge in [-0.15, -0.1) is 0 Å². The first-order valence-corrected chi connectivity index (χ1v) is 5.82. The number of hydrogen-bond donors (Lipinski definition) is 1. The first kappa shape index (κ1) is 10.8. The second-order valence-electron chi connectivity index (χ2n) is 4.34. The smallest absolute Gasteiger partial charge is 0.139 e. The van der Waals surface area contributed by atoms with E-state index in [0.717, 1.165) is 23.2 Å². The molecule has 4 heteroatoms. The summed E-state index contributed by atoms with van der Waals surface area (Å²) < 4.78 is 1.76. The second kappa shape index (κ2) is 4.14. The summed E-state index contributed by atoms with van der Waals surface area (Å²) >= 11 is 0. The van der Waals surface area contributed by atoms with Crippen LogP contribution in [0.5, 0.6) is 0 Å². The van der Waals surface area contributed by atoms with Crippen LogP contribution in [0.15, 0.2) is 36.8 Å². The molecule has 0 atom stereocenters. The highest BCUT2D eigenvalue weighted by molar-refractivity contribution is 5.87. The Hall–Kier alpha value is -2.36. The molecule has 3 aromatic rings. The van der Waals surface area contributed by atoms with Crippen molar-refractivity contribution in [2.24, 2.45) is 0 Å². The molecule has 2 aromatic heterocycles. The van der Waals surface area contributed by atoms with Crippen molar-refractivity contribution in [1.29, 1.82) is 0 Å².